The van der Waals surface area contributed by atoms with Gasteiger partial charge in [-0.15, -0.1) is 0 Å². The first kappa shape index (κ1) is 14.9. The van der Waals surface area contributed by atoms with Crippen LogP contribution in [-0.2, 0) is 0 Å². The zero-order chi connectivity index (χ0) is 14.3. The zero-order valence-electron chi connectivity index (χ0n) is 8.95. The van der Waals surface area contributed by atoms with Gasteiger partial charge in [0.2, 0.25) is 0 Å². The van der Waals surface area contributed by atoms with Crippen LogP contribution in [0.2, 0.25) is 0 Å². The number of carbonyl (C=O) groups is 1. The van der Waals surface area contributed by atoms with E-state index in [0.717, 1.165) is 18.2 Å². The van der Waals surface area contributed by atoms with E-state index in [1.165, 1.54) is 0 Å². The second-order valence-electron chi connectivity index (χ2n) is 2.73. The predicted octanol–water partition coefficient (Wildman–Crippen LogP) is 1.02. The van der Waals surface area contributed by atoms with Crippen molar-refractivity contribution >= 4 is 23.2 Å². The van der Waals surface area contributed by atoms with Crippen molar-refractivity contribution in [3.63, 3.8) is 0 Å². The number of hydrogen-bond donors (Lipinski definition) is 2. The molecule has 1 aromatic rings. The molecule has 0 spiro atoms. The first-order valence-corrected chi connectivity index (χ1v) is 4.27. The van der Waals surface area contributed by atoms with Crippen LogP contribution in [0.3, 0.4) is 0 Å². The fourth-order valence-electron chi connectivity index (χ4n) is 1.07. The van der Waals surface area contributed by atoms with Gasteiger partial charge in [0.15, 0.2) is 0 Å². The SMILES string of the molecule is C=C=N.NC(=O)c1cccc([N+](=O)[O-])c1[N+](=O)[O-]. The molecule has 0 aromatic heterocycles. The molecule has 1 amide bonds. The van der Waals surface area contributed by atoms with Crippen molar-refractivity contribution in [2.45, 2.75) is 0 Å². The number of hydrogen-bond acceptors (Lipinski definition) is 6. The monoisotopic (exact) mass is 252 g/mol. The van der Waals surface area contributed by atoms with E-state index in [2.05, 4.69) is 6.58 Å². The fourth-order valence-corrected chi connectivity index (χ4v) is 1.07. The molecular formula is C9H8N4O5. The lowest BCUT2D eigenvalue weighted by Gasteiger charge is -1.98. The van der Waals surface area contributed by atoms with Crippen LogP contribution in [0.25, 0.3) is 0 Å². The van der Waals surface area contributed by atoms with E-state index >= 15 is 0 Å². The molecule has 0 heterocycles. The quantitative estimate of drug-likeness (QED) is 0.467. The zero-order valence-corrected chi connectivity index (χ0v) is 8.95. The first-order chi connectivity index (χ1) is 8.36. The maximum atomic E-state index is 10.8. The third-order valence-electron chi connectivity index (χ3n) is 1.66. The smallest absolute Gasteiger partial charge is 0.358 e. The van der Waals surface area contributed by atoms with Crippen LogP contribution in [0.4, 0.5) is 11.4 Å². The molecule has 0 saturated heterocycles. The average molecular weight is 252 g/mol. The summed E-state index contributed by atoms with van der Waals surface area (Å²) in [6.07, 6.45) is 0. The Morgan fingerprint density at radius 3 is 2.17 bits per heavy atom. The summed E-state index contributed by atoms with van der Waals surface area (Å²) in [5.74, 6) is 0.672. The van der Waals surface area contributed by atoms with Crippen LogP contribution in [0.1, 0.15) is 10.4 Å². The third-order valence-corrected chi connectivity index (χ3v) is 1.66. The molecule has 3 N–H and O–H groups in total. The van der Waals surface area contributed by atoms with Crippen LogP contribution in [0.15, 0.2) is 24.8 Å². The summed E-state index contributed by atoms with van der Waals surface area (Å²) in [5, 5.41) is 26.8. The standard InChI is InChI=1S/C7H5N3O5.C2H3N/c8-7(11)4-2-1-3-5(9(12)13)6(4)10(14)15;1-2-3/h1-3H,(H2,8,11);3H,1H2. The molecule has 9 heteroatoms. The Labute approximate surface area is 100 Å². The number of carbonyl (C=O) groups excluding carboxylic acids is 1. The van der Waals surface area contributed by atoms with Gasteiger partial charge in [-0.1, -0.05) is 6.07 Å². The summed E-state index contributed by atoms with van der Waals surface area (Å²) in [6, 6.07) is 3.16. The molecule has 0 unspecified atom stereocenters. The van der Waals surface area contributed by atoms with Gasteiger partial charge in [0, 0.05) is 6.07 Å². The normalized spacial score (nSPS) is 8.44. The molecule has 0 aliphatic heterocycles. The molecule has 9 nitrogen and oxygen atoms in total. The highest BCUT2D eigenvalue weighted by molar-refractivity contribution is 5.98. The Kier molecular flexibility index (Phi) is 5.40. The maximum absolute atomic E-state index is 10.8. The van der Waals surface area contributed by atoms with Gasteiger partial charge in [-0.2, -0.15) is 0 Å². The van der Waals surface area contributed by atoms with Crippen LogP contribution >= 0.6 is 0 Å². The van der Waals surface area contributed by atoms with Gasteiger partial charge in [0.1, 0.15) is 5.56 Å². The summed E-state index contributed by atoms with van der Waals surface area (Å²) < 4.78 is 0. The Morgan fingerprint density at radius 1 is 1.33 bits per heavy atom. The minimum Gasteiger partial charge on any atom is -0.365 e. The van der Waals surface area contributed by atoms with Crippen molar-refractivity contribution in [1.29, 1.82) is 5.41 Å². The van der Waals surface area contributed by atoms with Crippen molar-refractivity contribution in [2.24, 2.45) is 5.73 Å². The van der Waals surface area contributed by atoms with Crippen molar-refractivity contribution in [3.8, 4) is 0 Å². The Hall–Kier alpha value is -3.06. The van der Waals surface area contributed by atoms with Crippen molar-refractivity contribution < 1.29 is 14.6 Å². The average Bonchev–Trinajstić information content (AvgIpc) is 2.28. The lowest BCUT2D eigenvalue weighted by atomic mass is 10.1. The van der Waals surface area contributed by atoms with E-state index in [1.54, 1.807) is 5.87 Å². The molecule has 0 radical (unpaired) electrons. The number of nitro groups is 2. The summed E-state index contributed by atoms with van der Waals surface area (Å²) in [6.45, 7) is 2.90. The molecule has 0 bridgehead atoms. The van der Waals surface area contributed by atoms with Gasteiger partial charge in [0.25, 0.3) is 5.91 Å². The number of nitrogens with one attached hydrogen (secondary N) is 1. The number of nitrogens with two attached hydrogens (primary N) is 1. The Bertz CT molecular complexity index is 502. The Balaban J connectivity index is 0.000000873. The first-order valence-electron chi connectivity index (χ1n) is 4.27. The number of para-hydroxylation sites is 1. The highest BCUT2D eigenvalue weighted by Crippen LogP contribution is 2.29. The summed E-state index contributed by atoms with van der Waals surface area (Å²) in [4.78, 5) is 29.8. The minimum absolute atomic E-state index is 0.478. The molecule has 0 saturated carbocycles. The van der Waals surface area contributed by atoms with Crippen LogP contribution < -0.4 is 5.73 Å². The van der Waals surface area contributed by atoms with Crippen molar-refractivity contribution in [1.82, 2.24) is 0 Å². The lowest BCUT2D eigenvalue weighted by molar-refractivity contribution is -0.422. The minimum atomic E-state index is -1.08. The maximum Gasteiger partial charge on any atom is 0.358 e. The molecule has 0 fully saturated rings. The number of nitrogens with zero attached hydrogens (tertiary/aromatic N) is 2. The van der Waals surface area contributed by atoms with E-state index < -0.39 is 32.7 Å². The van der Waals surface area contributed by atoms with E-state index in [-0.39, 0.29) is 0 Å². The molecule has 1 aromatic carbocycles. The number of nitro benzene ring substituents is 2. The molecule has 1 rings (SSSR count). The topological polar surface area (TPSA) is 153 Å². The molecule has 0 aliphatic carbocycles. The van der Waals surface area contributed by atoms with Gasteiger partial charge < -0.3 is 5.73 Å². The molecular weight excluding hydrogens is 244 g/mol. The van der Waals surface area contributed by atoms with Crippen LogP contribution in [0, 0.1) is 25.6 Å². The van der Waals surface area contributed by atoms with E-state index in [4.69, 9.17) is 11.1 Å². The number of primary amides is 1. The van der Waals surface area contributed by atoms with Crippen LogP contribution in [0.5, 0.6) is 0 Å². The summed E-state index contributed by atoms with van der Waals surface area (Å²) in [5.41, 5.74) is 2.74. The van der Waals surface area contributed by atoms with Crippen molar-refractivity contribution in [2.75, 3.05) is 0 Å². The van der Waals surface area contributed by atoms with Gasteiger partial charge in [-0.25, -0.2) is 0 Å². The van der Waals surface area contributed by atoms with Crippen molar-refractivity contribution in [3.05, 3.63) is 50.6 Å². The van der Waals surface area contributed by atoms with Gasteiger partial charge in [0.05, 0.1) is 9.85 Å². The molecule has 0 aliphatic rings. The highest BCUT2D eigenvalue weighted by Gasteiger charge is 2.30. The largest absolute Gasteiger partial charge is 0.365 e. The number of benzene rings is 1. The highest BCUT2D eigenvalue weighted by atomic mass is 16.6. The van der Waals surface area contributed by atoms with Gasteiger partial charge >= 0.3 is 11.4 Å². The Morgan fingerprint density at radius 2 is 1.83 bits per heavy atom. The van der Waals surface area contributed by atoms with E-state index in [0.29, 0.717) is 0 Å². The summed E-state index contributed by atoms with van der Waals surface area (Å²) in [7, 11) is 0. The van der Waals surface area contributed by atoms with E-state index in [1.807, 2.05) is 0 Å². The predicted molar refractivity (Wildman–Crippen MR) is 61.6 cm³/mol. The third kappa shape index (κ3) is 3.51. The number of rotatable bonds is 3. The lowest BCUT2D eigenvalue weighted by Crippen LogP contribution is -2.14. The van der Waals surface area contributed by atoms with Gasteiger partial charge in [-0.3, -0.25) is 30.4 Å². The fraction of sp³-hybridized carbons (Fsp3) is 0. The van der Waals surface area contributed by atoms with Gasteiger partial charge in [-0.05, 0) is 18.5 Å². The second-order valence-corrected chi connectivity index (χ2v) is 2.73. The van der Waals surface area contributed by atoms with Crippen LogP contribution in [-0.4, -0.2) is 21.6 Å². The van der Waals surface area contributed by atoms with E-state index in [9.17, 15) is 25.0 Å². The molecule has 18 heavy (non-hydrogen) atoms. The number of amides is 1. The molecule has 0 atom stereocenters. The molecule has 94 valence electrons. The summed E-state index contributed by atoms with van der Waals surface area (Å²) >= 11 is 0. The second kappa shape index (κ2) is 6.51.